The molecule has 0 saturated carbocycles. The van der Waals surface area contributed by atoms with Crippen LogP contribution in [0.5, 0.6) is 0 Å². The lowest BCUT2D eigenvalue weighted by Crippen LogP contribution is -2.23. The Morgan fingerprint density at radius 1 is 1.62 bits per heavy atom. The number of ether oxygens (including phenoxy) is 1. The highest BCUT2D eigenvalue weighted by Gasteiger charge is 2.21. The minimum Gasteiger partial charge on any atom is -0.619 e. The van der Waals surface area contributed by atoms with E-state index in [-0.39, 0.29) is 6.61 Å². The van der Waals surface area contributed by atoms with Crippen molar-refractivity contribution in [3.05, 3.63) is 35.0 Å². The van der Waals surface area contributed by atoms with E-state index in [1.165, 1.54) is 18.5 Å². The third-order valence-corrected chi connectivity index (χ3v) is 2.26. The summed E-state index contributed by atoms with van der Waals surface area (Å²) in [7, 11) is 0. The summed E-state index contributed by atoms with van der Waals surface area (Å²) < 4.78 is 10.9. The van der Waals surface area contributed by atoms with E-state index >= 15 is 0 Å². The van der Waals surface area contributed by atoms with Gasteiger partial charge in [0.05, 0.1) is 6.61 Å². The number of hydrogen-bond acceptors (Lipinski definition) is 4. The minimum atomic E-state index is -0.468. The molecule has 0 bridgehead atoms. The van der Waals surface area contributed by atoms with Crippen molar-refractivity contribution >= 4 is 16.9 Å². The van der Waals surface area contributed by atoms with E-state index < -0.39 is 5.97 Å². The zero-order valence-electron chi connectivity index (χ0n) is 9.02. The molecule has 0 aliphatic rings. The number of hydrogen-bond donors (Lipinski definition) is 0. The van der Waals surface area contributed by atoms with Gasteiger partial charge >= 0.3 is 5.97 Å². The van der Waals surface area contributed by atoms with Gasteiger partial charge in [0.2, 0.25) is 0 Å². The van der Waals surface area contributed by atoms with Gasteiger partial charge < -0.3 is 14.4 Å². The van der Waals surface area contributed by atoms with Crippen LogP contribution in [0.2, 0.25) is 0 Å². The largest absolute Gasteiger partial charge is 0.619 e. The molecule has 2 aromatic rings. The Kier molecular flexibility index (Phi) is 2.52. The molecule has 0 aromatic carbocycles. The van der Waals surface area contributed by atoms with Crippen molar-refractivity contribution in [1.82, 2.24) is 0 Å². The molecule has 0 aliphatic heterocycles. The molecule has 5 nitrogen and oxygen atoms in total. The fourth-order valence-corrected chi connectivity index (χ4v) is 1.60. The summed E-state index contributed by atoms with van der Waals surface area (Å²) in [4.78, 5) is 11.7. The Hall–Kier alpha value is -2.04. The Morgan fingerprint density at radius 3 is 3.06 bits per heavy atom. The highest BCUT2D eigenvalue weighted by Crippen LogP contribution is 2.24. The van der Waals surface area contributed by atoms with Crippen LogP contribution >= 0.6 is 0 Å². The SMILES string of the molecule is CCOC(=O)c1c(C)oc2cc[n+]([O-])cc12. The van der Waals surface area contributed by atoms with Crippen molar-refractivity contribution in [3.8, 4) is 0 Å². The summed E-state index contributed by atoms with van der Waals surface area (Å²) in [5.41, 5.74) is 0.828. The first-order valence-electron chi connectivity index (χ1n) is 4.92. The number of fused-ring (bicyclic) bond motifs is 1. The van der Waals surface area contributed by atoms with Crippen molar-refractivity contribution in [2.75, 3.05) is 6.61 Å². The lowest BCUT2D eigenvalue weighted by atomic mass is 10.2. The molecule has 0 N–H and O–H groups in total. The second-order valence-corrected chi connectivity index (χ2v) is 3.34. The number of rotatable bonds is 2. The van der Waals surface area contributed by atoms with E-state index in [9.17, 15) is 10.0 Å². The van der Waals surface area contributed by atoms with Crippen molar-refractivity contribution in [3.63, 3.8) is 0 Å². The van der Waals surface area contributed by atoms with Gasteiger partial charge in [-0.25, -0.2) is 4.79 Å². The van der Waals surface area contributed by atoms with Gasteiger partial charge in [0, 0.05) is 6.07 Å². The number of aryl methyl sites for hydroxylation is 1. The number of nitrogens with zero attached hydrogens (tertiary/aromatic N) is 1. The zero-order valence-corrected chi connectivity index (χ0v) is 9.02. The van der Waals surface area contributed by atoms with Gasteiger partial charge in [0.15, 0.2) is 12.4 Å². The van der Waals surface area contributed by atoms with E-state index in [4.69, 9.17) is 9.15 Å². The molecule has 0 radical (unpaired) electrons. The Labute approximate surface area is 91.8 Å². The molecule has 2 heterocycles. The van der Waals surface area contributed by atoms with Crippen LogP contribution in [0.4, 0.5) is 0 Å². The fourth-order valence-electron chi connectivity index (χ4n) is 1.60. The van der Waals surface area contributed by atoms with Crippen LogP contribution in [0.25, 0.3) is 11.0 Å². The van der Waals surface area contributed by atoms with Gasteiger partial charge in [-0.2, -0.15) is 4.73 Å². The summed E-state index contributed by atoms with van der Waals surface area (Å²) in [6, 6.07) is 1.53. The second kappa shape index (κ2) is 3.84. The van der Waals surface area contributed by atoms with E-state index in [2.05, 4.69) is 0 Å². The van der Waals surface area contributed by atoms with Crippen molar-refractivity contribution in [2.45, 2.75) is 13.8 Å². The van der Waals surface area contributed by atoms with Crippen molar-refractivity contribution in [2.24, 2.45) is 0 Å². The third-order valence-electron chi connectivity index (χ3n) is 2.26. The van der Waals surface area contributed by atoms with E-state index in [1.807, 2.05) is 0 Å². The van der Waals surface area contributed by atoms with Crippen LogP contribution in [-0.2, 0) is 4.74 Å². The van der Waals surface area contributed by atoms with Crippen LogP contribution in [0, 0.1) is 12.1 Å². The number of carbonyl (C=O) groups excluding carboxylic acids is 1. The minimum absolute atomic E-state index is 0.287. The maximum atomic E-state index is 11.7. The molecule has 16 heavy (non-hydrogen) atoms. The van der Waals surface area contributed by atoms with E-state index in [0.29, 0.717) is 27.0 Å². The summed E-state index contributed by atoms with van der Waals surface area (Å²) in [5.74, 6) is -0.00963. The van der Waals surface area contributed by atoms with Crippen LogP contribution in [0.15, 0.2) is 22.9 Å². The molecule has 0 amide bonds. The molecule has 5 heteroatoms. The summed E-state index contributed by atoms with van der Waals surface area (Å²) >= 11 is 0. The first-order valence-corrected chi connectivity index (χ1v) is 4.92. The van der Waals surface area contributed by atoms with E-state index in [1.54, 1.807) is 13.8 Å². The fraction of sp³-hybridized carbons (Fsp3) is 0.273. The van der Waals surface area contributed by atoms with Gasteiger partial charge in [-0.3, -0.25) is 0 Å². The first-order chi connectivity index (χ1) is 7.63. The summed E-state index contributed by atoms with van der Waals surface area (Å²) in [5, 5.41) is 11.6. The molecule has 84 valence electrons. The van der Waals surface area contributed by atoms with Gasteiger partial charge in [0.1, 0.15) is 22.3 Å². The highest BCUT2D eigenvalue weighted by molar-refractivity contribution is 6.03. The lowest BCUT2D eigenvalue weighted by molar-refractivity contribution is -0.603. The first kappa shape index (κ1) is 10.5. The monoisotopic (exact) mass is 221 g/mol. The van der Waals surface area contributed by atoms with Crippen LogP contribution in [0.1, 0.15) is 23.0 Å². The normalized spacial score (nSPS) is 10.6. The summed E-state index contributed by atoms with van der Waals surface area (Å²) in [6.45, 7) is 3.68. The average molecular weight is 221 g/mol. The van der Waals surface area contributed by atoms with Crippen LogP contribution in [0.3, 0.4) is 0 Å². The molecule has 2 rings (SSSR count). The summed E-state index contributed by atoms with van der Waals surface area (Å²) in [6.07, 6.45) is 2.62. The molecular formula is C11H11NO4. The standard InChI is InChI=1S/C11H11NO4/c1-3-15-11(13)10-7(2)16-9-4-5-12(14)6-8(9)10/h4-6H,3H2,1-2H3. The van der Waals surface area contributed by atoms with E-state index in [0.717, 1.165) is 0 Å². The van der Waals surface area contributed by atoms with Gasteiger partial charge in [-0.1, -0.05) is 0 Å². The second-order valence-electron chi connectivity index (χ2n) is 3.34. The third kappa shape index (κ3) is 1.60. The Morgan fingerprint density at radius 2 is 2.38 bits per heavy atom. The van der Waals surface area contributed by atoms with Gasteiger partial charge in [-0.05, 0) is 13.8 Å². The molecule has 0 unspecified atom stereocenters. The molecule has 0 atom stereocenters. The Balaban J connectivity index is 2.62. The van der Waals surface area contributed by atoms with Gasteiger partial charge in [0.25, 0.3) is 0 Å². The maximum Gasteiger partial charge on any atom is 0.342 e. The molecule has 0 saturated heterocycles. The van der Waals surface area contributed by atoms with Crippen molar-refractivity contribution < 1.29 is 18.7 Å². The van der Waals surface area contributed by atoms with Crippen LogP contribution < -0.4 is 4.73 Å². The smallest absolute Gasteiger partial charge is 0.342 e. The number of furan rings is 1. The molecule has 0 spiro atoms. The number of pyridine rings is 1. The average Bonchev–Trinajstić information content (AvgIpc) is 2.53. The number of aromatic nitrogens is 1. The highest BCUT2D eigenvalue weighted by atomic mass is 16.5. The zero-order chi connectivity index (χ0) is 11.7. The number of esters is 1. The molecule has 0 aliphatic carbocycles. The quantitative estimate of drug-likeness (QED) is 0.438. The van der Waals surface area contributed by atoms with Crippen LogP contribution in [-0.4, -0.2) is 12.6 Å². The van der Waals surface area contributed by atoms with Gasteiger partial charge in [-0.15, -0.1) is 0 Å². The molecule has 2 aromatic heterocycles. The predicted octanol–water partition coefficient (Wildman–Crippen LogP) is 1.55. The maximum absolute atomic E-state index is 11.7. The molecule has 0 fully saturated rings. The predicted molar refractivity (Wildman–Crippen MR) is 55.9 cm³/mol. The number of carbonyl (C=O) groups is 1. The Bertz CT molecular complexity index is 544. The lowest BCUT2D eigenvalue weighted by Gasteiger charge is -1.99. The van der Waals surface area contributed by atoms with Crippen molar-refractivity contribution in [1.29, 1.82) is 0 Å². The molecular weight excluding hydrogens is 210 g/mol. The topological polar surface area (TPSA) is 66.4 Å².